The van der Waals surface area contributed by atoms with Crippen LogP contribution in [0.25, 0.3) is 0 Å². The highest BCUT2D eigenvalue weighted by Gasteiger charge is 2.18. The van der Waals surface area contributed by atoms with Gasteiger partial charge in [-0.05, 0) is 43.7 Å². The van der Waals surface area contributed by atoms with Crippen LogP contribution in [0.1, 0.15) is 32.3 Å². The summed E-state index contributed by atoms with van der Waals surface area (Å²) < 4.78 is 11.4. The Kier molecular flexibility index (Phi) is 6.37. The number of para-hydroxylation sites is 2. The maximum Gasteiger partial charge on any atom is 0.169 e. The molecule has 0 aliphatic carbocycles. The molecule has 0 amide bonds. The number of nitrogens with two attached hydrogens (primary N) is 1. The minimum atomic E-state index is 0.669. The molecule has 2 N–H and O–H groups in total. The van der Waals surface area contributed by atoms with Crippen LogP contribution < -0.4 is 15.2 Å². The zero-order valence-corrected chi connectivity index (χ0v) is 16.7. The lowest BCUT2D eigenvalue weighted by Crippen LogP contribution is -2.27. The van der Waals surface area contributed by atoms with Crippen LogP contribution in [0.4, 0.5) is 0 Å². The minimum Gasteiger partial charge on any atom is -0.493 e. The normalized spacial score (nSPS) is 15.2. The summed E-state index contributed by atoms with van der Waals surface area (Å²) in [5, 5.41) is 6.73. The summed E-state index contributed by atoms with van der Waals surface area (Å²) >= 11 is 0. The minimum absolute atomic E-state index is 0.669. The van der Waals surface area contributed by atoms with Gasteiger partial charge in [0.25, 0.3) is 0 Å². The largest absolute Gasteiger partial charge is 0.493 e. The lowest BCUT2D eigenvalue weighted by molar-refractivity contribution is 0.378. The molecule has 2 aromatic carbocycles. The Labute approximate surface area is 166 Å². The number of hydrogen-bond acceptors (Lipinski definition) is 5. The number of allylic oxidation sites excluding steroid dienone is 2. The van der Waals surface area contributed by atoms with Crippen LogP contribution >= 0.6 is 0 Å². The number of methoxy groups -OCH3 is 1. The van der Waals surface area contributed by atoms with E-state index < -0.39 is 0 Å². The molecule has 5 heteroatoms. The van der Waals surface area contributed by atoms with Crippen molar-refractivity contribution < 1.29 is 9.47 Å². The van der Waals surface area contributed by atoms with E-state index in [1.54, 1.807) is 7.11 Å². The second-order valence-electron chi connectivity index (χ2n) is 6.46. The Bertz CT molecular complexity index is 916. The highest BCUT2D eigenvalue weighted by molar-refractivity contribution is 6.10. The number of likely N-dealkylation sites (N-methyl/N-ethyl adjacent to an activating group) is 1. The fourth-order valence-electron chi connectivity index (χ4n) is 3.02. The molecule has 1 aliphatic heterocycles. The van der Waals surface area contributed by atoms with Crippen molar-refractivity contribution >= 4 is 5.71 Å². The van der Waals surface area contributed by atoms with Crippen molar-refractivity contribution in [2.45, 2.75) is 26.7 Å². The van der Waals surface area contributed by atoms with Crippen LogP contribution in [0.5, 0.6) is 17.2 Å². The summed E-state index contributed by atoms with van der Waals surface area (Å²) in [4.78, 5) is 0. The van der Waals surface area contributed by atoms with E-state index in [1.165, 1.54) is 0 Å². The average molecular weight is 377 g/mol. The number of unbranched alkanes of at least 4 members (excludes halogenated alkanes) is 1. The molecule has 0 atom stereocenters. The van der Waals surface area contributed by atoms with Crippen molar-refractivity contribution in [2.24, 2.45) is 10.8 Å². The van der Waals surface area contributed by atoms with Crippen LogP contribution in [0.2, 0.25) is 0 Å². The molecule has 1 aliphatic rings. The first kappa shape index (κ1) is 19.5. The summed E-state index contributed by atoms with van der Waals surface area (Å²) in [6.45, 7) is 4.98. The first-order valence-corrected chi connectivity index (χ1v) is 9.61. The van der Waals surface area contributed by atoms with E-state index in [-0.39, 0.29) is 0 Å². The van der Waals surface area contributed by atoms with E-state index in [9.17, 15) is 0 Å². The van der Waals surface area contributed by atoms with Crippen molar-refractivity contribution in [3.63, 3.8) is 0 Å². The molecule has 146 valence electrons. The third-order valence-corrected chi connectivity index (χ3v) is 4.45. The molecule has 0 radical (unpaired) electrons. The van der Waals surface area contributed by atoms with Gasteiger partial charge >= 0.3 is 0 Å². The van der Waals surface area contributed by atoms with Crippen molar-refractivity contribution in [2.75, 3.05) is 13.7 Å². The van der Waals surface area contributed by atoms with Gasteiger partial charge in [0, 0.05) is 12.1 Å². The van der Waals surface area contributed by atoms with Crippen LogP contribution in [-0.4, -0.2) is 24.4 Å². The smallest absolute Gasteiger partial charge is 0.169 e. The van der Waals surface area contributed by atoms with Gasteiger partial charge in [-0.2, -0.15) is 5.10 Å². The van der Waals surface area contributed by atoms with E-state index in [0.717, 1.165) is 42.1 Å². The zero-order valence-electron chi connectivity index (χ0n) is 16.7. The molecule has 3 rings (SSSR count). The Morgan fingerprint density at radius 2 is 1.86 bits per heavy atom. The number of rotatable bonds is 7. The maximum absolute atomic E-state index is 6.34. The van der Waals surface area contributed by atoms with Gasteiger partial charge in [-0.1, -0.05) is 43.7 Å². The molecule has 2 aromatic rings. The summed E-state index contributed by atoms with van der Waals surface area (Å²) in [6, 6.07) is 15.4. The van der Waals surface area contributed by atoms with Gasteiger partial charge in [0.2, 0.25) is 0 Å². The van der Waals surface area contributed by atoms with E-state index in [2.05, 4.69) is 19.9 Å². The molecule has 5 nitrogen and oxygen atoms in total. The van der Waals surface area contributed by atoms with Crippen molar-refractivity contribution in [1.82, 2.24) is 5.01 Å². The molecule has 0 saturated heterocycles. The van der Waals surface area contributed by atoms with Crippen LogP contribution in [0.3, 0.4) is 0 Å². The fraction of sp³-hybridized carbons (Fsp3) is 0.261. The highest BCUT2D eigenvalue weighted by atomic mass is 16.5. The second kappa shape index (κ2) is 9.13. The van der Waals surface area contributed by atoms with E-state index in [0.29, 0.717) is 17.2 Å². The van der Waals surface area contributed by atoms with E-state index >= 15 is 0 Å². The van der Waals surface area contributed by atoms with Gasteiger partial charge in [-0.3, -0.25) is 5.01 Å². The molecule has 0 fully saturated rings. The van der Waals surface area contributed by atoms with Gasteiger partial charge in [-0.25, -0.2) is 0 Å². The number of hydrazone groups is 1. The SMILES string of the molecule is CCCC=C1C(N)=CC(c2cccc(Oc3ccccc3OC)c2)=NN1CC. The highest BCUT2D eigenvalue weighted by Crippen LogP contribution is 2.31. The van der Waals surface area contributed by atoms with Crippen LogP contribution in [0, 0.1) is 0 Å². The summed E-state index contributed by atoms with van der Waals surface area (Å²) in [7, 11) is 1.63. The zero-order chi connectivity index (χ0) is 19.9. The predicted molar refractivity (Wildman–Crippen MR) is 114 cm³/mol. The lowest BCUT2D eigenvalue weighted by Gasteiger charge is -2.26. The number of ether oxygens (including phenoxy) is 2. The number of nitrogens with zero attached hydrogens (tertiary/aromatic N) is 2. The molecule has 0 spiro atoms. The van der Waals surface area contributed by atoms with Gasteiger partial charge in [0.05, 0.1) is 24.2 Å². The first-order chi connectivity index (χ1) is 13.7. The molecule has 0 bridgehead atoms. The molecular formula is C23H27N3O2. The third kappa shape index (κ3) is 4.36. The van der Waals surface area contributed by atoms with Gasteiger partial charge in [0.1, 0.15) is 5.75 Å². The van der Waals surface area contributed by atoms with E-state index in [4.69, 9.17) is 20.3 Å². The monoisotopic (exact) mass is 377 g/mol. The Morgan fingerprint density at radius 1 is 1.07 bits per heavy atom. The predicted octanol–water partition coefficient (Wildman–Crippen LogP) is 5.05. The second-order valence-corrected chi connectivity index (χ2v) is 6.46. The van der Waals surface area contributed by atoms with Crippen molar-refractivity contribution in [3.05, 3.63) is 77.6 Å². The van der Waals surface area contributed by atoms with Gasteiger partial charge in [0.15, 0.2) is 11.5 Å². The maximum atomic E-state index is 6.34. The summed E-state index contributed by atoms with van der Waals surface area (Å²) in [6.07, 6.45) is 6.13. The molecule has 28 heavy (non-hydrogen) atoms. The average Bonchev–Trinajstić information content (AvgIpc) is 2.73. The van der Waals surface area contributed by atoms with Crippen LogP contribution in [0.15, 0.2) is 77.2 Å². The molecule has 0 aromatic heterocycles. The Balaban J connectivity index is 1.89. The Morgan fingerprint density at radius 3 is 2.57 bits per heavy atom. The van der Waals surface area contributed by atoms with Gasteiger partial charge in [-0.15, -0.1) is 0 Å². The molecule has 0 unspecified atom stereocenters. The summed E-state index contributed by atoms with van der Waals surface area (Å²) in [5.41, 5.74) is 9.81. The fourth-order valence-corrected chi connectivity index (χ4v) is 3.02. The first-order valence-electron chi connectivity index (χ1n) is 9.61. The quantitative estimate of drug-likeness (QED) is 0.733. The van der Waals surface area contributed by atoms with Crippen molar-refractivity contribution in [1.29, 1.82) is 0 Å². The van der Waals surface area contributed by atoms with Crippen LogP contribution in [-0.2, 0) is 0 Å². The topological polar surface area (TPSA) is 60.1 Å². The summed E-state index contributed by atoms with van der Waals surface area (Å²) in [5.74, 6) is 2.07. The standard InChI is InChI=1S/C23H27N3O2/c1-4-6-12-21-19(24)16-20(25-26(21)5-2)17-10-9-11-18(15-17)28-23-14-8-7-13-22(23)27-3/h7-16H,4-6,24H2,1-3H3. The lowest BCUT2D eigenvalue weighted by atomic mass is 10.1. The molecule has 0 saturated carbocycles. The van der Waals surface area contributed by atoms with Gasteiger partial charge < -0.3 is 15.2 Å². The number of benzene rings is 2. The van der Waals surface area contributed by atoms with Crippen molar-refractivity contribution in [3.8, 4) is 17.2 Å². The third-order valence-electron chi connectivity index (χ3n) is 4.45. The molecular weight excluding hydrogens is 350 g/mol. The molecule has 1 heterocycles. The Hall–Kier alpha value is -3.21. The van der Waals surface area contributed by atoms with E-state index in [1.807, 2.05) is 59.6 Å². The number of hydrogen-bond donors (Lipinski definition) is 1.